The van der Waals surface area contributed by atoms with Crippen LogP contribution in [0.15, 0.2) is 4.99 Å². The summed E-state index contributed by atoms with van der Waals surface area (Å²) >= 11 is 1.91. The van der Waals surface area contributed by atoms with E-state index in [-0.39, 0.29) is 0 Å². The van der Waals surface area contributed by atoms with Crippen molar-refractivity contribution in [3.05, 3.63) is 0 Å². The molecular weight excluding hydrogens is 246 g/mol. The van der Waals surface area contributed by atoms with Crippen LogP contribution in [0.2, 0.25) is 0 Å². The molecule has 18 heavy (non-hydrogen) atoms. The van der Waals surface area contributed by atoms with Gasteiger partial charge in [-0.25, -0.2) is 0 Å². The zero-order valence-electron chi connectivity index (χ0n) is 12.1. The number of ether oxygens (including phenoxy) is 1. The molecule has 0 aliphatic rings. The second-order valence-electron chi connectivity index (χ2n) is 4.18. The first kappa shape index (κ1) is 17.6. The normalized spacial score (nSPS) is 11.6. The molecule has 0 bridgehead atoms. The predicted molar refractivity (Wildman–Crippen MR) is 82.7 cm³/mol. The van der Waals surface area contributed by atoms with Gasteiger partial charge in [-0.2, -0.15) is 11.8 Å². The van der Waals surface area contributed by atoms with Gasteiger partial charge in [0.1, 0.15) is 0 Å². The van der Waals surface area contributed by atoms with Crippen molar-refractivity contribution in [2.45, 2.75) is 32.1 Å². The van der Waals surface area contributed by atoms with E-state index < -0.39 is 0 Å². The van der Waals surface area contributed by atoms with Crippen LogP contribution in [0.5, 0.6) is 0 Å². The third-order valence-electron chi connectivity index (χ3n) is 2.61. The van der Waals surface area contributed by atoms with Gasteiger partial charge in [0.05, 0.1) is 0 Å². The van der Waals surface area contributed by atoms with Gasteiger partial charge in [0.25, 0.3) is 0 Å². The van der Waals surface area contributed by atoms with Gasteiger partial charge >= 0.3 is 0 Å². The molecule has 0 heterocycles. The molecule has 0 saturated carbocycles. The summed E-state index contributed by atoms with van der Waals surface area (Å²) in [6.07, 6.45) is 8.12. The monoisotopic (exact) mass is 275 g/mol. The van der Waals surface area contributed by atoms with Crippen molar-refractivity contribution >= 4 is 17.7 Å². The highest BCUT2D eigenvalue weighted by atomic mass is 32.2. The van der Waals surface area contributed by atoms with E-state index in [1.165, 1.54) is 25.0 Å². The minimum Gasteiger partial charge on any atom is -0.385 e. The lowest BCUT2D eigenvalue weighted by atomic mass is 10.2. The Morgan fingerprint density at radius 2 is 1.72 bits per heavy atom. The van der Waals surface area contributed by atoms with E-state index in [2.05, 4.69) is 21.9 Å². The summed E-state index contributed by atoms with van der Waals surface area (Å²) in [6, 6.07) is 0. The summed E-state index contributed by atoms with van der Waals surface area (Å²) in [5, 5.41) is 6.67. The largest absolute Gasteiger partial charge is 0.385 e. The third-order valence-corrected chi connectivity index (χ3v) is 3.31. The van der Waals surface area contributed by atoms with Crippen LogP contribution in [0.3, 0.4) is 0 Å². The maximum Gasteiger partial charge on any atom is 0.190 e. The number of aliphatic imine (C=N–C) groups is 1. The van der Waals surface area contributed by atoms with Crippen LogP contribution in [-0.2, 0) is 4.74 Å². The van der Waals surface area contributed by atoms with Crippen LogP contribution in [-0.4, -0.2) is 51.8 Å². The van der Waals surface area contributed by atoms with Crippen molar-refractivity contribution < 1.29 is 4.74 Å². The molecule has 0 aliphatic carbocycles. The topological polar surface area (TPSA) is 45.7 Å². The van der Waals surface area contributed by atoms with Crippen LogP contribution in [0.25, 0.3) is 0 Å². The fraction of sp³-hybridized carbons (Fsp3) is 0.923. The van der Waals surface area contributed by atoms with Crippen LogP contribution >= 0.6 is 11.8 Å². The lowest BCUT2D eigenvalue weighted by Crippen LogP contribution is -2.38. The van der Waals surface area contributed by atoms with Crippen molar-refractivity contribution in [2.75, 3.05) is 45.9 Å². The molecule has 5 heteroatoms. The maximum absolute atomic E-state index is 5.02. The molecule has 0 amide bonds. The summed E-state index contributed by atoms with van der Waals surface area (Å²) in [5.41, 5.74) is 0. The molecule has 2 N–H and O–H groups in total. The standard InChI is InChI=1S/C13H29N3OS/c1-14-13(16-10-6-8-12-18-3)15-9-5-4-7-11-17-2/h4-12H2,1-3H3,(H2,14,15,16). The van der Waals surface area contributed by atoms with E-state index in [1.54, 1.807) is 7.11 Å². The molecule has 0 radical (unpaired) electrons. The van der Waals surface area contributed by atoms with Gasteiger partial charge in [-0.3, -0.25) is 4.99 Å². The quantitative estimate of drug-likeness (QED) is 0.344. The molecule has 0 unspecified atom stereocenters. The first-order valence-corrected chi connectivity index (χ1v) is 8.17. The summed E-state index contributed by atoms with van der Waals surface area (Å²) in [5.74, 6) is 2.17. The average molecular weight is 275 g/mol. The number of thioether (sulfide) groups is 1. The number of unbranched alkanes of at least 4 members (excludes halogenated alkanes) is 3. The molecule has 0 fully saturated rings. The Morgan fingerprint density at radius 1 is 1.06 bits per heavy atom. The first-order valence-electron chi connectivity index (χ1n) is 6.77. The molecular formula is C13H29N3OS. The molecule has 0 saturated heterocycles. The summed E-state index contributed by atoms with van der Waals surface area (Å²) in [7, 11) is 3.57. The number of methoxy groups -OCH3 is 1. The van der Waals surface area contributed by atoms with Gasteiger partial charge in [-0.1, -0.05) is 0 Å². The van der Waals surface area contributed by atoms with Gasteiger partial charge in [-0.15, -0.1) is 0 Å². The first-order chi connectivity index (χ1) is 8.85. The molecule has 0 aromatic heterocycles. The van der Waals surface area contributed by atoms with Gasteiger partial charge in [0.15, 0.2) is 5.96 Å². The van der Waals surface area contributed by atoms with Crippen LogP contribution < -0.4 is 10.6 Å². The Bertz CT molecular complexity index is 201. The van der Waals surface area contributed by atoms with Gasteiger partial charge < -0.3 is 15.4 Å². The zero-order chi connectivity index (χ0) is 13.5. The third kappa shape index (κ3) is 12.0. The zero-order valence-corrected chi connectivity index (χ0v) is 12.9. The Balaban J connectivity index is 3.36. The Kier molecular flexibility index (Phi) is 14.3. The van der Waals surface area contributed by atoms with Crippen molar-refractivity contribution in [1.82, 2.24) is 10.6 Å². The fourth-order valence-electron chi connectivity index (χ4n) is 1.55. The summed E-state index contributed by atoms with van der Waals surface area (Å²) < 4.78 is 5.02. The van der Waals surface area contributed by atoms with E-state index in [0.29, 0.717) is 0 Å². The van der Waals surface area contributed by atoms with Gasteiger partial charge in [0, 0.05) is 33.9 Å². The molecule has 0 aliphatic heterocycles. The van der Waals surface area contributed by atoms with Crippen molar-refractivity contribution in [3.8, 4) is 0 Å². The second kappa shape index (κ2) is 14.6. The van der Waals surface area contributed by atoms with Crippen LogP contribution in [0.1, 0.15) is 32.1 Å². The molecule has 0 rings (SSSR count). The molecule has 0 aromatic carbocycles. The Morgan fingerprint density at radius 3 is 2.28 bits per heavy atom. The summed E-state index contributed by atoms with van der Waals surface area (Å²) in [4.78, 5) is 4.20. The number of guanidine groups is 1. The number of nitrogens with zero attached hydrogens (tertiary/aromatic N) is 1. The average Bonchev–Trinajstić information content (AvgIpc) is 2.40. The highest BCUT2D eigenvalue weighted by molar-refractivity contribution is 7.98. The Labute approximate surface area is 116 Å². The van der Waals surface area contributed by atoms with E-state index in [9.17, 15) is 0 Å². The number of hydrogen-bond donors (Lipinski definition) is 2. The van der Waals surface area contributed by atoms with Crippen LogP contribution in [0.4, 0.5) is 0 Å². The fourth-order valence-corrected chi connectivity index (χ4v) is 2.05. The second-order valence-corrected chi connectivity index (χ2v) is 5.16. The molecule has 4 nitrogen and oxygen atoms in total. The van der Waals surface area contributed by atoms with Crippen molar-refractivity contribution in [1.29, 1.82) is 0 Å². The minimum absolute atomic E-state index is 0.864. The maximum atomic E-state index is 5.02. The highest BCUT2D eigenvalue weighted by Gasteiger charge is 1.96. The van der Waals surface area contributed by atoms with Gasteiger partial charge in [0.2, 0.25) is 0 Å². The predicted octanol–water partition coefficient (Wildman–Crippen LogP) is 2.11. The lowest BCUT2D eigenvalue weighted by Gasteiger charge is -2.11. The van der Waals surface area contributed by atoms with E-state index in [4.69, 9.17) is 4.74 Å². The highest BCUT2D eigenvalue weighted by Crippen LogP contribution is 1.97. The number of hydrogen-bond acceptors (Lipinski definition) is 3. The van der Waals surface area contributed by atoms with Crippen molar-refractivity contribution in [3.63, 3.8) is 0 Å². The van der Waals surface area contributed by atoms with E-state index >= 15 is 0 Å². The number of nitrogens with one attached hydrogen (secondary N) is 2. The summed E-state index contributed by atoms with van der Waals surface area (Å²) in [6.45, 7) is 2.85. The minimum atomic E-state index is 0.864. The number of rotatable bonds is 11. The van der Waals surface area contributed by atoms with E-state index in [1.807, 2.05) is 18.8 Å². The van der Waals surface area contributed by atoms with E-state index in [0.717, 1.165) is 38.5 Å². The van der Waals surface area contributed by atoms with Crippen molar-refractivity contribution in [2.24, 2.45) is 4.99 Å². The molecule has 0 aromatic rings. The Hall–Kier alpha value is -0.420. The smallest absolute Gasteiger partial charge is 0.190 e. The van der Waals surface area contributed by atoms with Gasteiger partial charge in [-0.05, 0) is 44.1 Å². The SMILES string of the molecule is CN=C(NCCCCCOC)NCCCCSC. The van der Waals surface area contributed by atoms with Crippen LogP contribution in [0, 0.1) is 0 Å². The lowest BCUT2D eigenvalue weighted by molar-refractivity contribution is 0.192. The molecule has 0 spiro atoms. The molecule has 0 atom stereocenters. The molecule has 108 valence electrons.